The molecule has 0 bridgehead atoms. The molecule has 0 saturated carbocycles. The smallest absolute Gasteiger partial charge is 0.0519 e. The van der Waals surface area contributed by atoms with Crippen LogP contribution in [0.3, 0.4) is 0 Å². The molecule has 2 nitrogen and oxygen atoms in total. The van der Waals surface area contributed by atoms with Gasteiger partial charge in [-0.05, 0) is 55.2 Å². The van der Waals surface area contributed by atoms with E-state index in [1.54, 1.807) is 0 Å². The molecule has 20 heavy (non-hydrogen) atoms. The zero-order valence-electron chi connectivity index (χ0n) is 11.6. The van der Waals surface area contributed by atoms with E-state index >= 15 is 0 Å². The number of benzene rings is 2. The summed E-state index contributed by atoms with van der Waals surface area (Å²) in [5.41, 5.74) is 6.71. The molecule has 0 radical (unpaired) electrons. The minimum atomic E-state index is 0.446. The first kappa shape index (κ1) is 11.6. The molecule has 1 heterocycles. The molecule has 100 valence electrons. The first-order chi connectivity index (χ1) is 9.79. The Hall–Kier alpha value is -2.22. The molecule has 0 aliphatic heterocycles. The Labute approximate surface area is 118 Å². The van der Waals surface area contributed by atoms with Gasteiger partial charge in [0.25, 0.3) is 0 Å². The second-order valence-electron chi connectivity index (χ2n) is 5.72. The molecule has 0 fully saturated rings. The first-order valence-electron chi connectivity index (χ1n) is 7.23. The number of hydrogen-bond donors (Lipinski definition) is 2. The minimum absolute atomic E-state index is 0.446. The largest absolute Gasteiger partial charge is 0.378 e. The van der Waals surface area contributed by atoms with Crippen LogP contribution < -0.4 is 5.32 Å². The fourth-order valence-electron chi connectivity index (χ4n) is 3.22. The standard InChI is InChI=1S/C18H18N2/c1-12-2-3-13-4-6-18(16(13)10-12)20-15-5-7-17-14(11-15)8-9-19-17/h2-3,5,7-11,18-20H,4,6H2,1H3. The van der Waals surface area contributed by atoms with Crippen LogP contribution in [0.15, 0.2) is 48.7 Å². The van der Waals surface area contributed by atoms with Crippen LogP contribution in [-0.4, -0.2) is 4.98 Å². The van der Waals surface area contributed by atoms with Crippen LogP contribution in [0.5, 0.6) is 0 Å². The predicted octanol–water partition coefficient (Wildman–Crippen LogP) is 4.58. The molecule has 1 aromatic heterocycles. The maximum Gasteiger partial charge on any atom is 0.0519 e. The molecule has 1 unspecified atom stereocenters. The fourth-order valence-corrected chi connectivity index (χ4v) is 3.22. The van der Waals surface area contributed by atoms with Crippen molar-refractivity contribution in [1.29, 1.82) is 0 Å². The average molecular weight is 262 g/mol. The van der Waals surface area contributed by atoms with E-state index in [0.717, 1.165) is 0 Å². The third-order valence-corrected chi connectivity index (χ3v) is 4.27. The number of aromatic nitrogens is 1. The van der Waals surface area contributed by atoms with Crippen LogP contribution in [0.2, 0.25) is 0 Å². The number of H-pyrrole nitrogens is 1. The van der Waals surface area contributed by atoms with E-state index in [1.807, 2.05) is 6.20 Å². The molecule has 1 atom stereocenters. The molecular weight excluding hydrogens is 244 g/mol. The van der Waals surface area contributed by atoms with Crippen LogP contribution in [0.25, 0.3) is 10.9 Å². The number of aromatic amines is 1. The monoisotopic (exact) mass is 262 g/mol. The third-order valence-electron chi connectivity index (χ3n) is 4.27. The third kappa shape index (κ3) is 1.88. The summed E-state index contributed by atoms with van der Waals surface area (Å²) in [5, 5.41) is 4.95. The Kier molecular flexibility index (Phi) is 2.56. The summed E-state index contributed by atoms with van der Waals surface area (Å²) in [6.45, 7) is 2.17. The van der Waals surface area contributed by atoms with Crippen LogP contribution >= 0.6 is 0 Å². The van der Waals surface area contributed by atoms with Gasteiger partial charge in [0.1, 0.15) is 0 Å². The number of aryl methyl sites for hydroxylation is 2. The zero-order valence-corrected chi connectivity index (χ0v) is 11.6. The number of rotatable bonds is 2. The molecule has 0 saturated heterocycles. The van der Waals surface area contributed by atoms with E-state index in [0.29, 0.717) is 6.04 Å². The summed E-state index contributed by atoms with van der Waals surface area (Å²) in [7, 11) is 0. The Morgan fingerprint density at radius 2 is 2.05 bits per heavy atom. The predicted molar refractivity (Wildman–Crippen MR) is 84.2 cm³/mol. The van der Waals surface area contributed by atoms with Gasteiger partial charge >= 0.3 is 0 Å². The van der Waals surface area contributed by atoms with E-state index in [1.165, 1.54) is 46.1 Å². The van der Waals surface area contributed by atoms with Gasteiger partial charge < -0.3 is 10.3 Å². The lowest BCUT2D eigenvalue weighted by atomic mass is 10.0. The van der Waals surface area contributed by atoms with E-state index in [4.69, 9.17) is 0 Å². The molecule has 2 heteroatoms. The van der Waals surface area contributed by atoms with E-state index < -0.39 is 0 Å². The van der Waals surface area contributed by atoms with Gasteiger partial charge in [-0.15, -0.1) is 0 Å². The highest BCUT2D eigenvalue weighted by Crippen LogP contribution is 2.34. The van der Waals surface area contributed by atoms with Crippen LogP contribution in [0.1, 0.15) is 29.2 Å². The van der Waals surface area contributed by atoms with E-state index in [2.05, 4.69) is 59.7 Å². The highest BCUT2D eigenvalue weighted by molar-refractivity contribution is 5.83. The molecular formula is C18H18N2. The number of fused-ring (bicyclic) bond motifs is 2. The zero-order chi connectivity index (χ0) is 13.5. The van der Waals surface area contributed by atoms with Crippen LogP contribution in [0, 0.1) is 6.92 Å². The van der Waals surface area contributed by atoms with Gasteiger partial charge in [-0.1, -0.05) is 23.8 Å². The first-order valence-corrected chi connectivity index (χ1v) is 7.23. The second kappa shape index (κ2) is 4.41. The summed E-state index contributed by atoms with van der Waals surface area (Å²) in [6, 6.07) is 15.9. The molecule has 0 amide bonds. The molecule has 1 aliphatic carbocycles. The second-order valence-corrected chi connectivity index (χ2v) is 5.72. The van der Waals surface area contributed by atoms with Crippen molar-refractivity contribution < 1.29 is 0 Å². The molecule has 1 aliphatic rings. The Bertz CT molecular complexity index is 770. The summed E-state index contributed by atoms with van der Waals surface area (Å²) in [5.74, 6) is 0. The SMILES string of the molecule is Cc1ccc2c(c1)C(Nc1ccc3[nH]ccc3c1)CC2. The van der Waals surface area contributed by atoms with Gasteiger partial charge in [0.05, 0.1) is 6.04 Å². The molecule has 3 aromatic rings. The van der Waals surface area contributed by atoms with Crippen molar-refractivity contribution in [2.24, 2.45) is 0 Å². The van der Waals surface area contributed by atoms with Crippen molar-refractivity contribution in [2.75, 3.05) is 5.32 Å². The van der Waals surface area contributed by atoms with Gasteiger partial charge in [0, 0.05) is 22.8 Å². The summed E-state index contributed by atoms with van der Waals surface area (Å²) >= 11 is 0. The lowest BCUT2D eigenvalue weighted by Crippen LogP contribution is -2.07. The van der Waals surface area contributed by atoms with Crippen LogP contribution in [-0.2, 0) is 6.42 Å². The fraction of sp³-hybridized carbons (Fsp3) is 0.222. The summed E-state index contributed by atoms with van der Waals surface area (Å²) in [4.78, 5) is 3.24. The average Bonchev–Trinajstić information content (AvgIpc) is 3.05. The number of anilines is 1. The van der Waals surface area contributed by atoms with Gasteiger partial charge in [0.15, 0.2) is 0 Å². The van der Waals surface area contributed by atoms with Crippen molar-refractivity contribution in [1.82, 2.24) is 4.98 Å². The Morgan fingerprint density at radius 3 is 3.00 bits per heavy atom. The maximum absolute atomic E-state index is 3.69. The van der Waals surface area contributed by atoms with Crippen molar-refractivity contribution in [2.45, 2.75) is 25.8 Å². The summed E-state index contributed by atoms with van der Waals surface area (Å²) < 4.78 is 0. The maximum atomic E-state index is 3.69. The Morgan fingerprint density at radius 1 is 1.10 bits per heavy atom. The number of nitrogens with one attached hydrogen (secondary N) is 2. The normalized spacial score (nSPS) is 17.4. The van der Waals surface area contributed by atoms with Crippen LogP contribution in [0.4, 0.5) is 5.69 Å². The topological polar surface area (TPSA) is 27.8 Å². The van der Waals surface area contributed by atoms with E-state index in [-0.39, 0.29) is 0 Å². The molecule has 0 spiro atoms. The molecule has 2 aromatic carbocycles. The van der Waals surface area contributed by atoms with Crippen molar-refractivity contribution in [3.05, 3.63) is 65.4 Å². The van der Waals surface area contributed by atoms with Gasteiger partial charge in [-0.2, -0.15) is 0 Å². The molecule has 2 N–H and O–H groups in total. The van der Waals surface area contributed by atoms with Crippen molar-refractivity contribution >= 4 is 16.6 Å². The van der Waals surface area contributed by atoms with Gasteiger partial charge in [-0.25, -0.2) is 0 Å². The molecule has 4 rings (SSSR count). The summed E-state index contributed by atoms with van der Waals surface area (Å²) in [6.07, 6.45) is 4.35. The van der Waals surface area contributed by atoms with E-state index in [9.17, 15) is 0 Å². The lowest BCUT2D eigenvalue weighted by molar-refractivity contribution is 0.762. The van der Waals surface area contributed by atoms with Gasteiger partial charge in [0.2, 0.25) is 0 Å². The van der Waals surface area contributed by atoms with Crippen molar-refractivity contribution in [3.63, 3.8) is 0 Å². The lowest BCUT2D eigenvalue weighted by Gasteiger charge is -2.16. The Balaban J connectivity index is 1.65. The number of hydrogen-bond acceptors (Lipinski definition) is 1. The minimum Gasteiger partial charge on any atom is -0.378 e. The van der Waals surface area contributed by atoms with Gasteiger partial charge in [-0.3, -0.25) is 0 Å². The highest BCUT2D eigenvalue weighted by Gasteiger charge is 2.22. The van der Waals surface area contributed by atoms with Crippen molar-refractivity contribution in [3.8, 4) is 0 Å². The quantitative estimate of drug-likeness (QED) is 0.695. The highest BCUT2D eigenvalue weighted by atomic mass is 14.9.